The van der Waals surface area contributed by atoms with E-state index in [1.807, 2.05) is 0 Å². The number of halogens is 3. The summed E-state index contributed by atoms with van der Waals surface area (Å²) in [5.74, 6) is 1.16. The summed E-state index contributed by atoms with van der Waals surface area (Å²) in [7, 11) is 1.79. The number of hydrogen-bond donors (Lipinski definition) is 1. The van der Waals surface area contributed by atoms with Crippen LogP contribution >= 0.6 is 0 Å². The Morgan fingerprint density at radius 3 is 2.50 bits per heavy atom. The first kappa shape index (κ1) is 19.7. The lowest BCUT2D eigenvalue weighted by atomic mass is 10.1. The van der Waals surface area contributed by atoms with Crippen LogP contribution in [0.15, 0.2) is 4.99 Å². The molecular formula is C18H32F3N5. The van der Waals surface area contributed by atoms with Crippen LogP contribution in [0, 0.1) is 5.92 Å². The molecule has 0 bridgehead atoms. The molecule has 3 fully saturated rings. The molecule has 0 amide bonds. The van der Waals surface area contributed by atoms with Crippen LogP contribution in [-0.2, 0) is 0 Å². The number of guanidine groups is 1. The van der Waals surface area contributed by atoms with Gasteiger partial charge in [-0.2, -0.15) is 13.2 Å². The molecule has 8 heteroatoms. The Labute approximate surface area is 154 Å². The van der Waals surface area contributed by atoms with Gasteiger partial charge in [0.2, 0.25) is 0 Å². The Morgan fingerprint density at radius 1 is 1.04 bits per heavy atom. The molecule has 3 heterocycles. The minimum atomic E-state index is -4.10. The molecule has 3 rings (SSSR count). The van der Waals surface area contributed by atoms with Crippen molar-refractivity contribution in [3.8, 4) is 0 Å². The van der Waals surface area contributed by atoms with Crippen LogP contribution in [0.3, 0.4) is 0 Å². The molecule has 5 nitrogen and oxygen atoms in total. The van der Waals surface area contributed by atoms with Crippen molar-refractivity contribution in [1.82, 2.24) is 20.0 Å². The fourth-order valence-corrected chi connectivity index (χ4v) is 4.56. The van der Waals surface area contributed by atoms with Crippen LogP contribution in [-0.4, -0.2) is 92.3 Å². The molecule has 0 aliphatic carbocycles. The minimum Gasteiger partial charge on any atom is -0.356 e. The van der Waals surface area contributed by atoms with E-state index in [2.05, 4.69) is 20.1 Å². The fraction of sp³-hybridized carbons (Fsp3) is 0.944. The third-order valence-corrected chi connectivity index (χ3v) is 5.90. The molecule has 0 aromatic rings. The third kappa shape index (κ3) is 5.49. The van der Waals surface area contributed by atoms with Gasteiger partial charge in [-0.25, -0.2) is 0 Å². The van der Waals surface area contributed by atoms with Crippen LogP contribution in [0.2, 0.25) is 0 Å². The van der Waals surface area contributed by atoms with Crippen LogP contribution < -0.4 is 5.32 Å². The zero-order chi connectivity index (χ0) is 18.6. The second-order valence-corrected chi connectivity index (χ2v) is 7.92. The van der Waals surface area contributed by atoms with Crippen molar-refractivity contribution in [3.63, 3.8) is 0 Å². The lowest BCUT2D eigenvalue weighted by Gasteiger charge is -2.32. The second kappa shape index (κ2) is 8.78. The molecule has 3 aliphatic heterocycles. The van der Waals surface area contributed by atoms with Crippen LogP contribution in [0.25, 0.3) is 0 Å². The largest absolute Gasteiger partial charge is 0.401 e. The first-order valence-corrected chi connectivity index (χ1v) is 9.93. The zero-order valence-corrected chi connectivity index (χ0v) is 15.8. The third-order valence-electron chi connectivity index (χ3n) is 5.90. The monoisotopic (exact) mass is 375 g/mol. The zero-order valence-electron chi connectivity index (χ0n) is 15.8. The number of piperidine rings is 1. The van der Waals surface area contributed by atoms with E-state index in [1.165, 1.54) is 43.7 Å². The van der Waals surface area contributed by atoms with Crippen LogP contribution in [0.1, 0.15) is 32.1 Å². The fourth-order valence-electron chi connectivity index (χ4n) is 4.56. The molecule has 0 radical (unpaired) electrons. The predicted molar refractivity (Wildman–Crippen MR) is 97.4 cm³/mol. The van der Waals surface area contributed by atoms with E-state index < -0.39 is 12.7 Å². The molecule has 0 spiro atoms. The first-order chi connectivity index (χ1) is 12.4. The molecule has 3 saturated heterocycles. The first-order valence-electron chi connectivity index (χ1n) is 9.93. The lowest BCUT2D eigenvalue weighted by Crippen LogP contribution is -2.45. The minimum absolute atomic E-state index is 0.259. The Kier molecular flexibility index (Phi) is 6.66. The molecule has 2 atom stereocenters. The molecule has 0 saturated carbocycles. The van der Waals surface area contributed by atoms with Gasteiger partial charge in [-0.3, -0.25) is 14.8 Å². The molecule has 26 heavy (non-hydrogen) atoms. The maximum Gasteiger partial charge on any atom is 0.401 e. The molecule has 150 valence electrons. The number of likely N-dealkylation sites (tertiary alicyclic amines) is 3. The maximum atomic E-state index is 12.5. The van der Waals surface area contributed by atoms with Crippen molar-refractivity contribution >= 4 is 5.96 Å². The highest BCUT2D eigenvalue weighted by molar-refractivity contribution is 5.80. The number of aliphatic imine (C=N–C) groups is 1. The van der Waals surface area contributed by atoms with Crippen LogP contribution in [0.5, 0.6) is 0 Å². The lowest BCUT2D eigenvalue weighted by molar-refractivity contribution is -0.143. The Balaban J connectivity index is 1.41. The summed E-state index contributed by atoms with van der Waals surface area (Å²) in [4.78, 5) is 10.8. The van der Waals surface area contributed by atoms with Crippen molar-refractivity contribution in [1.29, 1.82) is 0 Å². The van der Waals surface area contributed by atoms with E-state index in [4.69, 9.17) is 0 Å². The summed E-state index contributed by atoms with van der Waals surface area (Å²) in [5.41, 5.74) is 0. The van der Waals surface area contributed by atoms with Crippen molar-refractivity contribution in [3.05, 3.63) is 0 Å². The van der Waals surface area contributed by atoms with Crippen molar-refractivity contribution in [2.75, 3.05) is 59.4 Å². The van der Waals surface area contributed by atoms with Gasteiger partial charge in [0.25, 0.3) is 0 Å². The molecule has 0 aromatic heterocycles. The topological polar surface area (TPSA) is 34.1 Å². The smallest absolute Gasteiger partial charge is 0.356 e. The Hall–Kier alpha value is -1.02. The van der Waals surface area contributed by atoms with E-state index in [-0.39, 0.29) is 5.92 Å². The van der Waals surface area contributed by atoms with Crippen molar-refractivity contribution < 1.29 is 13.2 Å². The Bertz CT molecular complexity index is 476. The average molecular weight is 375 g/mol. The summed E-state index contributed by atoms with van der Waals surface area (Å²) in [6.07, 6.45) is 1.85. The summed E-state index contributed by atoms with van der Waals surface area (Å²) < 4.78 is 37.5. The van der Waals surface area contributed by atoms with E-state index in [0.29, 0.717) is 25.7 Å². The number of alkyl halides is 3. The number of rotatable bonds is 4. The van der Waals surface area contributed by atoms with Gasteiger partial charge < -0.3 is 10.2 Å². The van der Waals surface area contributed by atoms with Crippen molar-refractivity contribution in [2.45, 2.75) is 44.3 Å². The number of nitrogens with zero attached hydrogens (tertiary/aromatic N) is 4. The molecule has 2 unspecified atom stereocenters. The van der Waals surface area contributed by atoms with Gasteiger partial charge in [0.05, 0.1) is 6.54 Å². The highest BCUT2D eigenvalue weighted by Gasteiger charge is 2.35. The molecular weight excluding hydrogens is 343 g/mol. The summed E-state index contributed by atoms with van der Waals surface area (Å²) >= 11 is 0. The van der Waals surface area contributed by atoms with Crippen LogP contribution in [0.4, 0.5) is 13.2 Å². The normalized spacial score (nSPS) is 29.5. The number of hydrogen-bond acceptors (Lipinski definition) is 3. The molecule has 3 aliphatic rings. The molecule has 1 N–H and O–H groups in total. The average Bonchev–Trinajstić information content (AvgIpc) is 3.25. The second-order valence-electron chi connectivity index (χ2n) is 7.92. The van der Waals surface area contributed by atoms with Gasteiger partial charge in [-0.15, -0.1) is 0 Å². The Morgan fingerprint density at radius 2 is 1.81 bits per heavy atom. The van der Waals surface area contributed by atoms with E-state index in [9.17, 15) is 13.2 Å². The standard InChI is InChI=1S/C18H32F3N5/c1-22-17(23-11-15-5-9-24(12-15)14-18(19,20)21)26-10-6-16(13-26)25-7-3-2-4-8-25/h15-16H,2-14H2,1H3,(H,22,23). The van der Waals surface area contributed by atoms with Gasteiger partial charge in [-0.05, 0) is 51.2 Å². The maximum absolute atomic E-state index is 12.5. The molecule has 0 aromatic carbocycles. The quantitative estimate of drug-likeness (QED) is 0.602. The SMILES string of the molecule is CN=C(NCC1CCN(CC(F)(F)F)C1)N1CCC(N2CCCCC2)C1. The van der Waals surface area contributed by atoms with Gasteiger partial charge >= 0.3 is 6.18 Å². The highest BCUT2D eigenvalue weighted by atomic mass is 19.4. The van der Waals surface area contributed by atoms with Gasteiger partial charge in [0.15, 0.2) is 5.96 Å². The van der Waals surface area contributed by atoms with E-state index >= 15 is 0 Å². The predicted octanol–water partition coefficient (Wildman–Crippen LogP) is 2.01. The summed E-state index contributed by atoms with van der Waals surface area (Å²) in [5, 5.41) is 3.41. The summed E-state index contributed by atoms with van der Waals surface area (Å²) in [6.45, 7) is 5.39. The van der Waals surface area contributed by atoms with Crippen molar-refractivity contribution in [2.24, 2.45) is 10.9 Å². The van der Waals surface area contributed by atoms with E-state index in [1.54, 1.807) is 7.05 Å². The summed E-state index contributed by atoms with van der Waals surface area (Å²) in [6, 6.07) is 0.614. The van der Waals surface area contributed by atoms with Gasteiger partial charge in [0, 0.05) is 39.3 Å². The van der Waals surface area contributed by atoms with E-state index in [0.717, 1.165) is 25.5 Å². The number of nitrogens with one attached hydrogen (secondary N) is 1. The highest BCUT2D eigenvalue weighted by Crippen LogP contribution is 2.23. The van der Waals surface area contributed by atoms with Gasteiger partial charge in [-0.1, -0.05) is 6.42 Å². The van der Waals surface area contributed by atoms with Gasteiger partial charge in [0.1, 0.15) is 0 Å².